The van der Waals surface area contributed by atoms with Gasteiger partial charge >= 0.3 is 0 Å². The first-order valence-electron chi connectivity index (χ1n) is 6.18. The van der Waals surface area contributed by atoms with Crippen LogP contribution in [0.5, 0.6) is 0 Å². The number of carbonyl (C=O) groups is 1. The van der Waals surface area contributed by atoms with Crippen LogP contribution in [0.1, 0.15) is 46.0 Å². The van der Waals surface area contributed by atoms with Gasteiger partial charge in [-0.25, -0.2) is 4.68 Å². The first kappa shape index (κ1) is 14.9. The van der Waals surface area contributed by atoms with Gasteiger partial charge in [-0.15, -0.1) is 16.9 Å². The first-order chi connectivity index (χ1) is 8.54. The van der Waals surface area contributed by atoms with E-state index in [9.17, 15) is 4.79 Å². The monoisotopic (exact) mass is 271 g/mol. The molecule has 18 heavy (non-hydrogen) atoms. The highest BCUT2D eigenvalue weighted by atomic mass is 32.2. The Morgan fingerprint density at radius 3 is 2.78 bits per heavy atom. The second-order valence-corrected chi connectivity index (χ2v) is 5.49. The van der Waals surface area contributed by atoms with Crippen molar-refractivity contribution in [3.8, 4) is 0 Å². The average molecular weight is 271 g/mol. The quantitative estimate of drug-likeness (QED) is 0.811. The zero-order valence-electron chi connectivity index (χ0n) is 11.4. The minimum absolute atomic E-state index is 0.0675. The Morgan fingerprint density at radius 2 is 2.17 bits per heavy atom. The number of carbonyl (C=O) groups excluding carboxylic acids is 1. The molecule has 6 nitrogen and oxygen atoms in total. The molecule has 7 heteroatoms. The fourth-order valence-electron chi connectivity index (χ4n) is 1.36. The van der Waals surface area contributed by atoms with E-state index in [4.69, 9.17) is 0 Å². The number of tetrazole rings is 1. The van der Waals surface area contributed by atoms with Gasteiger partial charge in [0.1, 0.15) is 0 Å². The van der Waals surface area contributed by atoms with E-state index in [0.29, 0.717) is 11.5 Å². The van der Waals surface area contributed by atoms with Crippen LogP contribution in [0.3, 0.4) is 0 Å². The Hall–Kier alpha value is -1.11. The van der Waals surface area contributed by atoms with Gasteiger partial charge in [-0.2, -0.15) is 0 Å². The Labute approximate surface area is 112 Å². The fraction of sp³-hybridized carbons (Fsp3) is 0.818. The number of rotatable bonds is 7. The second kappa shape index (κ2) is 7.35. The van der Waals surface area contributed by atoms with E-state index in [0.717, 1.165) is 12.2 Å². The van der Waals surface area contributed by atoms with Crippen molar-refractivity contribution in [1.29, 1.82) is 0 Å². The molecule has 0 aliphatic heterocycles. The van der Waals surface area contributed by atoms with Crippen molar-refractivity contribution in [3.05, 3.63) is 5.82 Å². The van der Waals surface area contributed by atoms with E-state index in [-0.39, 0.29) is 18.0 Å². The number of amides is 1. The molecule has 0 spiro atoms. The van der Waals surface area contributed by atoms with Gasteiger partial charge in [0.05, 0.1) is 17.5 Å². The van der Waals surface area contributed by atoms with Crippen molar-refractivity contribution in [2.75, 3.05) is 5.75 Å². The van der Waals surface area contributed by atoms with Gasteiger partial charge in [0, 0.05) is 6.04 Å². The maximum Gasteiger partial charge on any atom is 0.230 e. The highest BCUT2D eigenvalue weighted by Gasteiger charge is 2.10. The predicted octanol–water partition coefficient (Wildman–Crippen LogP) is 1.40. The third kappa shape index (κ3) is 4.64. The summed E-state index contributed by atoms with van der Waals surface area (Å²) < 4.78 is 1.78. The van der Waals surface area contributed by atoms with Crippen LogP contribution < -0.4 is 5.32 Å². The third-order valence-corrected chi connectivity index (χ3v) is 3.46. The summed E-state index contributed by atoms with van der Waals surface area (Å²) in [6.07, 6.45) is 0.946. The smallest absolute Gasteiger partial charge is 0.230 e. The molecule has 1 aromatic heterocycles. The maximum atomic E-state index is 11.6. The Bertz CT molecular complexity index is 379. The molecule has 1 atom stereocenters. The van der Waals surface area contributed by atoms with Crippen molar-refractivity contribution < 1.29 is 4.79 Å². The Kier molecular flexibility index (Phi) is 6.11. The minimum Gasteiger partial charge on any atom is -0.353 e. The summed E-state index contributed by atoms with van der Waals surface area (Å²) in [6.45, 7) is 8.11. The molecular weight excluding hydrogens is 250 g/mol. The lowest BCUT2D eigenvalue weighted by molar-refractivity contribution is -0.119. The number of nitrogens with one attached hydrogen (secondary N) is 1. The van der Waals surface area contributed by atoms with Crippen LogP contribution >= 0.6 is 11.8 Å². The highest BCUT2D eigenvalue weighted by Crippen LogP contribution is 2.12. The first-order valence-corrected chi connectivity index (χ1v) is 7.33. The number of thioether (sulfide) groups is 1. The molecule has 1 heterocycles. The molecule has 0 aliphatic carbocycles. The third-order valence-electron chi connectivity index (χ3n) is 2.53. The van der Waals surface area contributed by atoms with Gasteiger partial charge < -0.3 is 5.32 Å². The summed E-state index contributed by atoms with van der Waals surface area (Å²) in [4.78, 5) is 11.6. The van der Waals surface area contributed by atoms with Crippen molar-refractivity contribution in [2.24, 2.45) is 0 Å². The Balaban J connectivity index is 2.33. The molecule has 0 aromatic carbocycles. The lowest BCUT2D eigenvalue weighted by atomic mass is 10.3. The highest BCUT2D eigenvalue weighted by molar-refractivity contribution is 7.99. The van der Waals surface area contributed by atoms with Gasteiger partial charge in [0.15, 0.2) is 5.82 Å². The lowest BCUT2D eigenvalue weighted by Gasteiger charge is -2.11. The van der Waals surface area contributed by atoms with Gasteiger partial charge in [0.2, 0.25) is 5.91 Å². The van der Waals surface area contributed by atoms with Crippen LogP contribution in [0, 0.1) is 0 Å². The largest absolute Gasteiger partial charge is 0.353 e. The van der Waals surface area contributed by atoms with Gasteiger partial charge in [-0.3, -0.25) is 4.79 Å². The van der Waals surface area contributed by atoms with Crippen molar-refractivity contribution in [2.45, 2.75) is 52.0 Å². The molecule has 1 amide bonds. The molecule has 0 aliphatic rings. The van der Waals surface area contributed by atoms with Crippen LogP contribution in [0.4, 0.5) is 0 Å². The molecule has 1 aromatic rings. The normalized spacial score (nSPS) is 12.7. The van der Waals surface area contributed by atoms with Gasteiger partial charge in [-0.1, -0.05) is 6.92 Å². The number of hydrogen-bond donors (Lipinski definition) is 1. The molecule has 1 rings (SSSR count). The molecule has 0 saturated heterocycles. The van der Waals surface area contributed by atoms with Crippen LogP contribution in [0.2, 0.25) is 0 Å². The average Bonchev–Trinajstić information content (AvgIpc) is 2.77. The molecule has 102 valence electrons. The standard InChI is InChI=1S/C11H21N5OS/c1-5-9(4)12-11(17)7-18-6-10-13-14-15-16(10)8(2)3/h8-9H,5-7H2,1-4H3,(H,12,17). The van der Waals surface area contributed by atoms with E-state index in [1.807, 2.05) is 20.8 Å². The van der Waals surface area contributed by atoms with Crippen LogP contribution in [-0.2, 0) is 10.5 Å². The summed E-state index contributed by atoms with van der Waals surface area (Å²) in [5.74, 6) is 1.97. The summed E-state index contributed by atoms with van der Waals surface area (Å²) in [5.41, 5.74) is 0. The number of nitrogens with zero attached hydrogens (tertiary/aromatic N) is 4. The van der Waals surface area contributed by atoms with Gasteiger partial charge in [0.25, 0.3) is 0 Å². The summed E-state index contributed by atoms with van der Waals surface area (Å²) in [5, 5.41) is 14.5. The van der Waals surface area contributed by atoms with E-state index in [1.54, 1.807) is 4.68 Å². The predicted molar refractivity (Wildman–Crippen MR) is 72.3 cm³/mol. The molecule has 0 radical (unpaired) electrons. The van der Waals surface area contributed by atoms with Crippen LogP contribution in [0.15, 0.2) is 0 Å². The molecule has 1 unspecified atom stereocenters. The van der Waals surface area contributed by atoms with Crippen LogP contribution in [-0.4, -0.2) is 37.9 Å². The zero-order valence-corrected chi connectivity index (χ0v) is 12.2. The molecule has 1 N–H and O–H groups in total. The van der Waals surface area contributed by atoms with Crippen molar-refractivity contribution in [1.82, 2.24) is 25.5 Å². The Morgan fingerprint density at radius 1 is 1.44 bits per heavy atom. The summed E-state index contributed by atoms with van der Waals surface area (Å²) in [7, 11) is 0. The molecule has 0 fully saturated rings. The minimum atomic E-state index is 0.0675. The number of hydrogen-bond acceptors (Lipinski definition) is 5. The lowest BCUT2D eigenvalue weighted by Crippen LogP contribution is -2.33. The molecular formula is C11H21N5OS. The van der Waals surface area contributed by atoms with Crippen molar-refractivity contribution in [3.63, 3.8) is 0 Å². The van der Waals surface area contributed by atoms with E-state index >= 15 is 0 Å². The van der Waals surface area contributed by atoms with Gasteiger partial charge in [-0.05, 0) is 37.6 Å². The topological polar surface area (TPSA) is 72.7 Å². The number of aromatic nitrogens is 4. The SMILES string of the molecule is CCC(C)NC(=O)CSCc1nnnn1C(C)C. The van der Waals surface area contributed by atoms with Crippen LogP contribution in [0.25, 0.3) is 0 Å². The van der Waals surface area contributed by atoms with Crippen molar-refractivity contribution >= 4 is 17.7 Å². The van der Waals surface area contributed by atoms with E-state index < -0.39 is 0 Å². The summed E-state index contributed by atoms with van der Waals surface area (Å²) >= 11 is 1.53. The van der Waals surface area contributed by atoms with E-state index in [2.05, 4.69) is 27.8 Å². The fourth-order valence-corrected chi connectivity index (χ4v) is 2.11. The van der Waals surface area contributed by atoms with E-state index in [1.165, 1.54) is 11.8 Å². The second-order valence-electron chi connectivity index (χ2n) is 4.50. The maximum absolute atomic E-state index is 11.6. The summed E-state index contributed by atoms with van der Waals surface area (Å²) in [6, 6.07) is 0.476. The zero-order chi connectivity index (χ0) is 13.5. The molecule has 0 bridgehead atoms. The molecule has 0 saturated carbocycles.